The molecule has 0 unspecified atom stereocenters. The second-order valence-corrected chi connectivity index (χ2v) is 7.69. The second-order valence-electron chi connectivity index (χ2n) is 5.63. The number of aryl methyl sites for hydroxylation is 1. The Hall–Kier alpha value is -1.66. The first-order valence-corrected chi connectivity index (χ1v) is 9.29. The fourth-order valence-corrected chi connectivity index (χ4v) is 4.06. The van der Waals surface area contributed by atoms with Crippen LogP contribution in [0.2, 0.25) is 0 Å². The van der Waals surface area contributed by atoms with Crippen LogP contribution < -0.4 is 0 Å². The molecule has 0 bridgehead atoms. The molecule has 0 aliphatic rings. The van der Waals surface area contributed by atoms with Crippen molar-refractivity contribution in [2.45, 2.75) is 37.7 Å². The van der Waals surface area contributed by atoms with Gasteiger partial charge in [0.15, 0.2) is 11.0 Å². The van der Waals surface area contributed by atoms with E-state index in [1.54, 1.807) is 35.2 Å². The average Bonchev–Trinajstić information content (AvgIpc) is 3.11. The van der Waals surface area contributed by atoms with Gasteiger partial charge in [0, 0.05) is 27.6 Å². The number of thioether (sulfide) groups is 1. The van der Waals surface area contributed by atoms with E-state index < -0.39 is 0 Å². The Bertz CT molecular complexity index is 808. The van der Waals surface area contributed by atoms with Gasteiger partial charge in [-0.25, -0.2) is 4.39 Å². The summed E-state index contributed by atoms with van der Waals surface area (Å²) in [6.45, 7) is 6.33. The van der Waals surface area contributed by atoms with Crippen LogP contribution in [0.25, 0.3) is 11.4 Å². The Morgan fingerprint density at radius 2 is 2.09 bits per heavy atom. The number of rotatable bonds is 5. The van der Waals surface area contributed by atoms with Crippen LogP contribution in [0.15, 0.2) is 40.9 Å². The van der Waals surface area contributed by atoms with Crippen molar-refractivity contribution in [3.63, 3.8) is 0 Å². The molecule has 1 aromatic carbocycles. The van der Waals surface area contributed by atoms with Crippen LogP contribution in [0.3, 0.4) is 0 Å². The van der Waals surface area contributed by atoms with Crippen LogP contribution in [0.5, 0.6) is 0 Å². The van der Waals surface area contributed by atoms with Gasteiger partial charge in [-0.1, -0.05) is 23.9 Å². The molecule has 0 amide bonds. The summed E-state index contributed by atoms with van der Waals surface area (Å²) >= 11 is 3.30. The zero-order valence-corrected chi connectivity index (χ0v) is 14.9. The van der Waals surface area contributed by atoms with Crippen LogP contribution in [0.1, 0.15) is 30.3 Å². The van der Waals surface area contributed by atoms with E-state index in [9.17, 15) is 4.39 Å². The Balaban J connectivity index is 1.86. The summed E-state index contributed by atoms with van der Waals surface area (Å²) in [6, 6.07) is 9.07. The van der Waals surface area contributed by atoms with Crippen molar-refractivity contribution < 1.29 is 4.39 Å². The number of halogens is 1. The molecule has 0 saturated heterocycles. The lowest BCUT2D eigenvalue weighted by atomic mass is 10.2. The normalized spacial score (nSPS) is 11.3. The van der Waals surface area contributed by atoms with Crippen LogP contribution in [-0.4, -0.2) is 14.8 Å². The molecule has 0 N–H and O–H groups in total. The van der Waals surface area contributed by atoms with E-state index in [4.69, 9.17) is 0 Å². The number of nitrogens with zero attached hydrogens (tertiary/aromatic N) is 3. The van der Waals surface area contributed by atoms with Crippen LogP contribution in [-0.2, 0) is 5.75 Å². The maximum atomic E-state index is 13.3. The van der Waals surface area contributed by atoms with Gasteiger partial charge in [0.05, 0.1) is 0 Å². The van der Waals surface area contributed by atoms with Gasteiger partial charge in [-0.2, -0.15) is 0 Å². The smallest absolute Gasteiger partial charge is 0.192 e. The van der Waals surface area contributed by atoms with Crippen LogP contribution in [0, 0.1) is 12.7 Å². The minimum absolute atomic E-state index is 0.206. The monoisotopic (exact) mass is 347 g/mol. The third kappa shape index (κ3) is 3.64. The Morgan fingerprint density at radius 3 is 2.74 bits per heavy atom. The molecular weight excluding hydrogens is 329 g/mol. The summed E-state index contributed by atoms with van der Waals surface area (Å²) in [6.07, 6.45) is 0. The van der Waals surface area contributed by atoms with Crippen molar-refractivity contribution in [2.75, 3.05) is 0 Å². The van der Waals surface area contributed by atoms with E-state index in [2.05, 4.69) is 47.0 Å². The molecule has 0 saturated carbocycles. The maximum Gasteiger partial charge on any atom is 0.192 e. The van der Waals surface area contributed by atoms with E-state index in [0.717, 1.165) is 22.1 Å². The topological polar surface area (TPSA) is 30.7 Å². The highest BCUT2D eigenvalue weighted by Gasteiger charge is 2.17. The summed E-state index contributed by atoms with van der Waals surface area (Å²) in [5.74, 6) is 1.36. The van der Waals surface area contributed by atoms with E-state index in [1.165, 1.54) is 10.9 Å². The molecule has 3 aromatic rings. The van der Waals surface area contributed by atoms with Gasteiger partial charge in [-0.3, -0.25) is 4.57 Å². The Kier molecular flexibility index (Phi) is 4.82. The van der Waals surface area contributed by atoms with Crippen molar-refractivity contribution in [1.82, 2.24) is 14.8 Å². The number of benzene rings is 1. The Labute approximate surface area is 143 Å². The molecule has 0 aliphatic carbocycles. The fourth-order valence-electron chi connectivity index (χ4n) is 2.37. The van der Waals surface area contributed by atoms with Crippen molar-refractivity contribution in [3.8, 4) is 11.4 Å². The third-order valence-corrected chi connectivity index (χ3v) is 5.30. The quantitative estimate of drug-likeness (QED) is 0.585. The van der Waals surface area contributed by atoms with Gasteiger partial charge < -0.3 is 0 Å². The first-order chi connectivity index (χ1) is 11.0. The minimum Gasteiger partial charge on any atom is -0.299 e. The molecule has 0 radical (unpaired) electrons. The molecule has 23 heavy (non-hydrogen) atoms. The van der Waals surface area contributed by atoms with Crippen molar-refractivity contribution in [2.24, 2.45) is 0 Å². The first-order valence-electron chi connectivity index (χ1n) is 7.42. The highest BCUT2D eigenvalue weighted by atomic mass is 32.2. The molecule has 0 aliphatic heterocycles. The maximum absolute atomic E-state index is 13.3. The zero-order chi connectivity index (χ0) is 16.4. The standard InChI is InChI=1S/C17H18FN3S2/c1-11(2)21-16(14-7-12(3)22-10-14)19-20-17(21)23-9-13-5-4-6-15(18)8-13/h4-8,10-11H,9H2,1-3H3. The minimum atomic E-state index is -0.206. The zero-order valence-electron chi connectivity index (χ0n) is 13.3. The van der Waals surface area contributed by atoms with Gasteiger partial charge in [0.1, 0.15) is 5.82 Å². The van der Waals surface area contributed by atoms with Crippen molar-refractivity contribution in [3.05, 3.63) is 52.0 Å². The van der Waals surface area contributed by atoms with Gasteiger partial charge in [-0.15, -0.1) is 21.5 Å². The van der Waals surface area contributed by atoms with Gasteiger partial charge >= 0.3 is 0 Å². The molecule has 0 fully saturated rings. The second kappa shape index (κ2) is 6.84. The predicted molar refractivity (Wildman–Crippen MR) is 94.4 cm³/mol. The predicted octanol–water partition coefficient (Wildman–Crippen LogP) is 5.33. The molecule has 0 atom stereocenters. The first kappa shape index (κ1) is 16.2. The molecule has 2 heterocycles. The van der Waals surface area contributed by atoms with E-state index in [1.807, 2.05) is 6.07 Å². The van der Waals surface area contributed by atoms with Gasteiger partial charge in [-0.05, 0) is 44.5 Å². The highest BCUT2D eigenvalue weighted by molar-refractivity contribution is 7.98. The molecule has 3 rings (SSSR count). The van der Waals surface area contributed by atoms with E-state index >= 15 is 0 Å². The van der Waals surface area contributed by atoms with Gasteiger partial charge in [0.25, 0.3) is 0 Å². The highest BCUT2D eigenvalue weighted by Crippen LogP contribution is 2.31. The average molecular weight is 347 g/mol. The number of aromatic nitrogens is 3. The summed E-state index contributed by atoms with van der Waals surface area (Å²) in [5, 5.41) is 11.7. The molecular formula is C17H18FN3S2. The summed E-state index contributed by atoms with van der Waals surface area (Å²) in [7, 11) is 0. The molecule has 0 spiro atoms. The summed E-state index contributed by atoms with van der Waals surface area (Å²) < 4.78 is 15.4. The lowest BCUT2D eigenvalue weighted by Gasteiger charge is -2.13. The SMILES string of the molecule is Cc1cc(-c2nnc(SCc3cccc(F)c3)n2C(C)C)cs1. The number of hydrogen-bond donors (Lipinski definition) is 0. The number of hydrogen-bond acceptors (Lipinski definition) is 4. The van der Waals surface area contributed by atoms with Crippen LogP contribution in [0.4, 0.5) is 4.39 Å². The lowest BCUT2D eigenvalue weighted by molar-refractivity contribution is 0.555. The third-order valence-electron chi connectivity index (χ3n) is 3.43. The summed E-state index contributed by atoms with van der Waals surface area (Å²) in [5.41, 5.74) is 2.05. The largest absolute Gasteiger partial charge is 0.299 e. The van der Waals surface area contributed by atoms with E-state index in [0.29, 0.717) is 5.75 Å². The molecule has 2 aromatic heterocycles. The van der Waals surface area contributed by atoms with Crippen molar-refractivity contribution >= 4 is 23.1 Å². The van der Waals surface area contributed by atoms with E-state index in [-0.39, 0.29) is 11.9 Å². The lowest BCUT2D eigenvalue weighted by Crippen LogP contribution is -2.04. The van der Waals surface area contributed by atoms with Crippen LogP contribution >= 0.6 is 23.1 Å². The van der Waals surface area contributed by atoms with Crippen molar-refractivity contribution in [1.29, 1.82) is 0 Å². The molecule has 120 valence electrons. The fraction of sp³-hybridized carbons (Fsp3) is 0.294. The molecule has 6 heteroatoms. The number of thiophene rings is 1. The molecule has 3 nitrogen and oxygen atoms in total. The Morgan fingerprint density at radius 1 is 1.26 bits per heavy atom. The van der Waals surface area contributed by atoms with Gasteiger partial charge in [0.2, 0.25) is 0 Å². The summed E-state index contributed by atoms with van der Waals surface area (Å²) in [4.78, 5) is 1.26.